The number of hydrogen-bond donors (Lipinski definition) is 1. The van der Waals surface area contributed by atoms with Crippen molar-refractivity contribution in [2.75, 3.05) is 11.1 Å². The van der Waals surface area contributed by atoms with Gasteiger partial charge in [-0.3, -0.25) is 0 Å². The van der Waals surface area contributed by atoms with Gasteiger partial charge < -0.3 is 14.5 Å². The highest BCUT2D eigenvalue weighted by Crippen LogP contribution is 2.37. The molecule has 0 aliphatic carbocycles. The summed E-state index contributed by atoms with van der Waals surface area (Å²) in [7, 11) is 0. The van der Waals surface area contributed by atoms with E-state index in [0.717, 1.165) is 28.3 Å². The second-order valence-corrected chi connectivity index (χ2v) is 7.00. The molecule has 0 radical (unpaired) electrons. The van der Waals surface area contributed by atoms with E-state index in [0.29, 0.717) is 16.7 Å². The minimum absolute atomic E-state index is 0.390. The molecule has 132 valence electrons. The lowest BCUT2D eigenvalue weighted by atomic mass is 10.1. The van der Waals surface area contributed by atoms with Gasteiger partial charge in [0.2, 0.25) is 11.0 Å². The van der Waals surface area contributed by atoms with Crippen LogP contribution in [-0.2, 0) is 0 Å². The Morgan fingerprint density at radius 2 is 2.12 bits per heavy atom. The molecule has 2 aromatic heterocycles. The Morgan fingerprint density at radius 3 is 2.92 bits per heavy atom. The number of fused-ring (bicyclic) bond motifs is 3. The van der Waals surface area contributed by atoms with Gasteiger partial charge in [-0.2, -0.15) is 4.98 Å². The van der Waals surface area contributed by atoms with Crippen LogP contribution in [0.4, 0.5) is 5.69 Å². The summed E-state index contributed by atoms with van der Waals surface area (Å²) in [5.41, 5.74) is 3.45. The average molecular weight is 366 g/mol. The molecule has 3 heterocycles. The minimum atomic E-state index is -0.390. The molecule has 0 bridgehead atoms. The van der Waals surface area contributed by atoms with Gasteiger partial charge in [0, 0.05) is 11.3 Å². The summed E-state index contributed by atoms with van der Waals surface area (Å²) in [4.78, 5) is 4.57. The summed E-state index contributed by atoms with van der Waals surface area (Å²) >= 11 is 1.53. The van der Waals surface area contributed by atoms with Gasteiger partial charge in [-0.15, -0.1) is 10.2 Å². The van der Waals surface area contributed by atoms with Gasteiger partial charge in [-0.1, -0.05) is 36.9 Å². The first-order chi connectivity index (χ1) is 12.7. The summed E-state index contributed by atoms with van der Waals surface area (Å²) in [6.45, 7) is 4.04. The van der Waals surface area contributed by atoms with Gasteiger partial charge in [0.05, 0.1) is 6.26 Å². The molecule has 0 amide bonds. The van der Waals surface area contributed by atoms with E-state index in [1.807, 2.05) is 49.4 Å². The van der Waals surface area contributed by atoms with E-state index in [1.54, 1.807) is 6.26 Å². The number of anilines is 1. The monoisotopic (exact) mass is 366 g/mol. The molecule has 1 N–H and O–H groups in total. The van der Waals surface area contributed by atoms with E-state index in [9.17, 15) is 0 Å². The number of thioether (sulfide) groups is 1. The van der Waals surface area contributed by atoms with Gasteiger partial charge in [-0.05, 0) is 42.5 Å². The normalized spacial score (nSPS) is 16.1. The standard InChI is InChI=1S/C19H18N4O2S/c1-3-26-19-21-18-16(22-23-19)14-8-4-5-9-15(14)20-17(25-18)12(2)11-13-7-6-10-24-13/h4-11,17,20H,3H2,1-2H3/t17-/m1/s1. The molecule has 0 fully saturated rings. The molecular formula is C19H18N4O2S. The molecule has 1 aliphatic heterocycles. The fraction of sp³-hybridized carbons (Fsp3) is 0.211. The van der Waals surface area contributed by atoms with Gasteiger partial charge in [-0.25, -0.2) is 0 Å². The lowest BCUT2D eigenvalue weighted by Crippen LogP contribution is -2.27. The van der Waals surface area contributed by atoms with Crippen LogP contribution in [0.1, 0.15) is 19.6 Å². The first-order valence-electron chi connectivity index (χ1n) is 8.36. The topological polar surface area (TPSA) is 73.1 Å². The Kier molecular flexibility index (Phi) is 4.62. The fourth-order valence-electron chi connectivity index (χ4n) is 2.72. The lowest BCUT2D eigenvalue weighted by Gasteiger charge is -2.19. The van der Waals surface area contributed by atoms with Crippen molar-refractivity contribution in [2.24, 2.45) is 0 Å². The molecule has 6 nitrogen and oxygen atoms in total. The lowest BCUT2D eigenvalue weighted by molar-refractivity contribution is 0.255. The summed E-state index contributed by atoms with van der Waals surface area (Å²) < 4.78 is 11.6. The van der Waals surface area contributed by atoms with Crippen molar-refractivity contribution in [3.8, 4) is 17.1 Å². The van der Waals surface area contributed by atoms with Gasteiger partial charge in [0.25, 0.3) is 0 Å². The van der Waals surface area contributed by atoms with Crippen LogP contribution in [-0.4, -0.2) is 27.2 Å². The second-order valence-electron chi connectivity index (χ2n) is 5.77. The van der Waals surface area contributed by atoms with Crippen molar-refractivity contribution < 1.29 is 9.15 Å². The second kappa shape index (κ2) is 7.21. The summed E-state index contributed by atoms with van der Waals surface area (Å²) in [5.74, 6) is 2.12. The van der Waals surface area contributed by atoms with E-state index in [4.69, 9.17) is 9.15 Å². The van der Waals surface area contributed by atoms with Crippen molar-refractivity contribution >= 4 is 23.5 Å². The van der Waals surface area contributed by atoms with Crippen LogP contribution in [0.3, 0.4) is 0 Å². The van der Waals surface area contributed by atoms with E-state index in [-0.39, 0.29) is 0 Å². The Bertz CT molecular complexity index is 940. The van der Waals surface area contributed by atoms with E-state index >= 15 is 0 Å². The van der Waals surface area contributed by atoms with Crippen molar-refractivity contribution in [3.05, 3.63) is 54.0 Å². The number of rotatable bonds is 4. The molecule has 1 atom stereocenters. The van der Waals surface area contributed by atoms with Crippen molar-refractivity contribution in [1.82, 2.24) is 15.2 Å². The highest BCUT2D eigenvalue weighted by molar-refractivity contribution is 7.99. The number of para-hydroxylation sites is 1. The largest absolute Gasteiger partial charge is 0.465 e. The molecule has 4 rings (SSSR count). The maximum Gasteiger partial charge on any atom is 0.247 e. The molecule has 0 unspecified atom stereocenters. The van der Waals surface area contributed by atoms with E-state index in [1.165, 1.54) is 11.8 Å². The highest BCUT2D eigenvalue weighted by atomic mass is 32.2. The number of aromatic nitrogens is 3. The molecule has 0 spiro atoms. The third-order valence-corrected chi connectivity index (χ3v) is 4.65. The first-order valence-corrected chi connectivity index (χ1v) is 9.35. The minimum Gasteiger partial charge on any atom is -0.465 e. The van der Waals surface area contributed by atoms with Crippen LogP contribution >= 0.6 is 11.8 Å². The molecule has 7 heteroatoms. The maximum atomic E-state index is 6.19. The first kappa shape index (κ1) is 16.7. The van der Waals surface area contributed by atoms with Crippen LogP contribution in [0.2, 0.25) is 0 Å². The summed E-state index contributed by atoms with van der Waals surface area (Å²) in [6, 6.07) is 11.7. The Balaban J connectivity index is 1.77. The molecular weight excluding hydrogens is 348 g/mol. The summed E-state index contributed by atoms with van der Waals surface area (Å²) in [5, 5.41) is 12.6. The number of benzene rings is 1. The van der Waals surface area contributed by atoms with E-state index in [2.05, 4.69) is 27.4 Å². The smallest absolute Gasteiger partial charge is 0.247 e. The molecule has 0 saturated heterocycles. The molecule has 0 saturated carbocycles. The Hall–Kier alpha value is -2.80. The van der Waals surface area contributed by atoms with Crippen LogP contribution in [0, 0.1) is 0 Å². The van der Waals surface area contributed by atoms with E-state index < -0.39 is 6.23 Å². The SMILES string of the molecule is CCSc1nnc2c(n1)O[C@H](C(C)=Cc1ccco1)Nc1ccccc1-2. The molecule has 3 aromatic rings. The summed E-state index contributed by atoms with van der Waals surface area (Å²) in [6.07, 6.45) is 3.21. The van der Waals surface area contributed by atoms with Crippen molar-refractivity contribution in [2.45, 2.75) is 25.2 Å². The predicted molar refractivity (Wildman–Crippen MR) is 102 cm³/mol. The number of ether oxygens (including phenoxy) is 1. The quantitative estimate of drug-likeness (QED) is 0.683. The zero-order chi connectivity index (χ0) is 17.9. The zero-order valence-electron chi connectivity index (χ0n) is 14.5. The van der Waals surface area contributed by atoms with Gasteiger partial charge in [0.15, 0.2) is 11.9 Å². The predicted octanol–water partition coefficient (Wildman–Crippen LogP) is 4.48. The molecule has 1 aliphatic rings. The van der Waals surface area contributed by atoms with Gasteiger partial charge >= 0.3 is 0 Å². The Morgan fingerprint density at radius 1 is 1.23 bits per heavy atom. The van der Waals surface area contributed by atoms with Gasteiger partial charge in [0.1, 0.15) is 5.76 Å². The number of nitrogens with one attached hydrogen (secondary N) is 1. The van der Waals surface area contributed by atoms with Crippen molar-refractivity contribution in [1.29, 1.82) is 0 Å². The molecule has 1 aromatic carbocycles. The molecule has 26 heavy (non-hydrogen) atoms. The Labute approximate surface area is 155 Å². The zero-order valence-corrected chi connectivity index (χ0v) is 15.3. The van der Waals surface area contributed by atoms with Crippen LogP contribution in [0.5, 0.6) is 5.88 Å². The number of furan rings is 1. The van der Waals surface area contributed by atoms with Crippen LogP contribution in [0.25, 0.3) is 17.3 Å². The third-order valence-electron chi connectivity index (χ3n) is 3.93. The van der Waals surface area contributed by atoms with Crippen molar-refractivity contribution in [3.63, 3.8) is 0 Å². The van der Waals surface area contributed by atoms with Crippen LogP contribution in [0.15, 0.2) is 57.8 Å². The number of hydrogen-bond acceptors (Lipinski definition) is 7. The average Bonchev–Trinajstić information content (AvgIpc) is 3.09. The van der Waals surface area contributed by atoms with Crippen LogP contribution < -0.4 is 10.1 Å². The fourth-order valence-corrected chi connectivity index (χ4v) is 3.22. The highest BCUT2D eigenvalue weighted by Gasteiger charge is 2.25. The number of nitrogens with zero attached hydrogens (tertiary/aromatic N) is 3. The third kappa shape index (κ3) is 3.30. The maximum absolute atomic E-state index is 6.19.